The molecule has 1 aromatic carbocycles. The number of carbonyl (C=O) groups is 2. The fourth-order valence-corrected chi connectivity index (χ4v) is 5.58. The van der Waals surface area contributed by atoms with Crippen molar-refractivity contribution in [3.05, 3.63) is 40.6 Å². The Hall–Kier alpha value is -2.73. The van der Waals surface area contributed by atoms with Crippen molar-refractivity contribution in [2.24, 2.45) is 0 Å². The summed E-state index contributed by atoms with van der Waals surface area (Å²) < 4.78 is 11.1. The molecule has 0 radical (unpaired) electrons. The normalized spacial score (nSPS) is 11.2. The van der Waals surface area contributed by atoms with Gasteiger partial charge in [-0.15, -0.1) is 34.4 Å². The number of benzene rings is 1. The molecule has 1 amide bonds. The van der Waals surface area contributed by atoms with Crippen LogP contribution in [0.1, 0.15) is 25.6 Å². The molecule has 34 heavy (non-hydrogen) atoms. The number of aromatic nitrogens is 1. The minimum atomic E-state index is -0.616. The van der Waals surface area contributed by atoms with E-state index in [2.05, 4.69) is 4.74 Å². The highest BCUT2D eigenvalue weighted by atomic mass is 32.2. The summed E-state index contributed by atoms with van der Waals surface area (Å²) in [5, 5.41) is 12.2. The number of rotatable bonds is 9. The standard InChI is InChI=1S/C23H25N3O5S3/c1-23(2,3)31-26(13-27)20(24)18-10-16(22(32-5)34-18)21-25-17(12-33-21)14-7-6-8-15(9-14)30-11-19(28)29-4/h6-10,12-13,24H,11H2,1-5H3. The molecule has 0 unspecified atom stereocenters. The number of thioether (sulfide) groups is 1. The maximum absolute atomic E-state index is 11.5. The van der Waals surface area contributed by atoms with Gasteiger partial charge in [0.05, 0.1) is 27.5 Å². The van der Waals surface area contributed by atoms with Crippen molar-refractivity contribution in [2.45, 2.75) is 30.6 Å². The van der Waals surface area contributed by atoms with Gasteiger partial charge in [-0.1, -0.05) is 12.1 Å². The number of esters is 1. The first-order valence-electron chi connectivity index (χ1n) is 10.1. The van der Waals surface area contributed by atoms with Crippen molar-refractivity contribution in [3.8, 4) is 27.6 Å². The van der Waals surface area contributed by atoms with Gasteiger partial charge in [-0.3, -0.25) is 15.0 Å². The Morgan fingerprint density at radius 1 is 1.29 bits per heavy atom. The smallest absolute Gasteiger partial charge is 0.343 e. The molecule has 0 fully saturated rings. The van der Waals surface area contributed by atoms with Crippen molar-refractivity contribution in [3.63, 3.8) is 0 Å². The Morgan fingerprint density at radius 3 is 2.71 bits per heavy atom. The first kappa shape index (κ1) is 25.9. The molecule has 2 aromatic heterocycles. The molecule has 0 bridgehead atoms. The van der Waals surface area contributed by atoms with E-state index in [1.165, 1.54) is 29.8 Å². The minimum Gasteiger partial charge on any atom is -0.482 e. The molecule has 0 atom stereocenters. The number of ether oxygens (including phenoxy) is 2. The monoisotopic (exact) mass is 519 g/mol. The predicted molar refractivity (Wildman–Crippen MR) is 136 cm³/mol. The Labute approximate surface area is 210 Å². The number of thiazole rings is 1. The zero-order chi connectivity index (χ0) is 24.9. The summed E-state index contributed by atoms with van der Waals surface area (Å²) in [5.74, 6) is 0.0656. The van der Waals surface area contributed by atoms with Gasteiger partial charge in [-0.25, -0.2) is 9.78 Å². The summed E-state index contributed by atoms with van der Waals surface area (Å²) in [4.78, 5) is 33.9. The Morgan fingerprint density at radius 2 is 2.06 bits per heavy atom. The number of amides is 1. The van der Waals surface area contributed by atoms with Crippen LogP contribution in [0.4, 0.5) is 0 Å². The predicted octanol–water partition coefficient (Wildman–Crippen LogP) is 5.33. The summed E-state index contributed by atoms with van der Waals surface area (Å²) in [6.07, 6.45) is 2.46. The lowest BCUT2D eigenvalue weighted by Crippen LogP contribution is -2.37. The highest BCUT2D eigenvalue weighted by molar-refractivity contribution is 8.00. The lowest BCUT2D eigenvalue weighted by atomic mass is 10.1. The van der Waals surface area contributed by atoms with Crippen LogP contribution in [0.2, 0.25) is 0 Å². The fraction of sp³-hybridized carbons (Fsp3) is 0.304. The van der Waals surface area contributed by atoms with Gasteiger partial charge in [0.25, 0.3) is 0 Å². The number of nitrogens with one attached hydrogen (secondary N) is 1. The van der Waals surface area contributed by atoms with Crippen LogP contribution in [0.5, 0.6) is 5.75 Å². The van der Waals surface area contributed by atoms with E-state index in [-0.39, 0.29) is 12.4 Å². The molecule has 0 aliphatic rings. The quantitative estimate of drug-likeness (QED) is 0.102. The number of amidine groups is 1. The third-order valence-electron chi connectivity index (χ3n) is 4.25. The number of hydrogen-bond acceptors (Lipinski definition) is 10. The van der Waals surface area contributed by atoms with Crippen LogP contribution in [0.15, 0.2) is 39.9 Å². The van der Waals surface area contributed by atoms with Crippen molar-refractivity contribution in [1.29, 1.82) is 5.41 Å². The minimum absolute atomic E-state index is 0.0243. The molecule has 8 nitrogen and oxygen atoms in total. The molecule has 0 saturated carbocycles. The van der Waals surface area contributed by atoms with E-state index >= 15 is 0 Å². The summed E-state index contributed by atoms with van der Waals surface area (Å²) in [6.45, 7) is 5.28. The molecule has 0 spiro atoms. The largest absolute Gasteiger partial charge is 0.482 e. The summed E-state index contributed by atoms with van der Waals surface area (Å²) >= 11 is 4.46. The molecule has 0 aliphatic carbocycles. The van der Waals surface area contributed by atoms with Crippen LogP contribution in [-0.4, -0.2) is 53.8 Å². The molecule has 11 heteroatoms. The third-order valence-corrected chi connectivity index (χ3v) is 7.41. The maximum atomic E-state index is 11.5. The van der Waals surface area contributed by atoms with Gasteiger partial charge in [0.1, 0.15) is 10.8 Å². The summed E-state index contributed by atoms with van der Waals surface area (Å²) in [7, 11) is 1.31. The second kappa shape index (κ2) is 11.1. The Balaban J connectivity index is 1.85. The van der Waals surface area contributed by atoms with Crippen molar-refractivity contribution in [2.75, 3.05) is 20.0 Å². The van der Waals surface area contributed by atoms with Gasteiger partial charge >= 0.3 is 5.97 Å². The molecule has 1 N–H and O–H groups in total. The summed E-state index contributed by atoms with van der Waals surface area (Å²) in [5.41, 5.74) is 1.90. The molecule has 3 rings (SSSR count). The van der Waals surface area contributed by atoms with E-state index in [0.717, 1.165) is 31.1 Å². The first-order chi connectivity index (χ1) is 16.1. The van der Waals surface area contributed by atoms with Crippen LogP contribution in [0.25, 0.3) is 21.8 Å². The van der Waals surface area contributed by atoms with Crippen LogP contribution in [0, 0.1) is 5.41 Å². The Kier molecular flexibility index (Phi) is 8.47. The van der Waals surface area contributed by atoms with Crippen LogP contribution < -0.4 is 4.74 Å². The average molecular weight is 520 g/mol. The second-order valence-electron chi connectivity index (χ2n) is 7.93. The second-order valence-corrected chi connectivity index (χ2v) is 10.9. The van der Waals surface area contributed by atoms with E-state index in [0.29, 0.717) is 17.0 Å². The molecule has 0 saturated heterocycles. The van der Waals surface area contributed by atoms with Gasteiger partial charge in [0.15, 0.2) is 12.4 Å². The number of hydrogen-bond donors (Lipinski definition) is 1. The highest BCUT2D eigenvalue weighted by Gasteiger charge is 2.24. The zero-order valence-electron chi connectivity index (χ0n) is 19.4. The van der Waals surface area contributed by atoms with Crippen molar-refractivity contribution in [1.82, 2.24) is 10.0 Å². The van der Waals surface area contributed by atoms with Gasteiger partial charge in [0, 0.05) is 16.5 Å². The van der Waals surface area contributed by atoms with E-state index in [9.17, 15) is 9.59 Å². The van der Waals surface area contributed by atoms with Crippen LogP contribution in [0.3, 0.4) is 0 Å². The zero-order valence-corrected chi connectivity index (χ0v) is 21.9. The maximum Gasteiger partial charge on any atom is 0.343 e. The van der Waals surface area contributed by atoms with Crippen molar-refractivity contribution < 1.29 is 23.9 Å². The third kappa shape index (κ3) is 6.44. The molecular weight excluding hydrogens is 494 g/mol. The number of hydroxylamine groups is 2. The van der Waals surface area contributed by atoms with Crippen molar-refractivity contribution >= 4 is 52.7 Å². The molecule has 0 aliphatic heterocycles. The van der Waals surface area contributed by atoms with Gasteiger partial charge in [-0.05, 0) is 45.2 Å². The molecular formula is C23H25N3O5S3. The first-order valence-corrected chi connectivity index (χ1v) is 13.0. The average Bonchev–Trinajstić information content (AvgIpc) is 3.47. The van der Waals surface area contributed by atoms with Crippen LogP contribution in [-0.2, 0) is 19.2 Å². The van der Waals surface area contributed by atoms with E-state index in [1.54, 1.807) is 17.8 Å². The van der Waals surface area contributed by atoms with Gasteiger partial charge in [0.2, 0.25) is 6.41 Å². The van der Waals surface area contributed by atoms with Gasteiger partial charge < -0.3 is 9.47 Å². The fourth-order valence-electron chi connectivity index (χ4n) is 2.79. The van der Waals surface area contributed by atoms with Crippen LogP contribution >= 0.6 is 34.4 Å². The summed E-state index contributed by atoms with van der Waals surface area (Å²) in [6, 6.07) is 9.19. The van der Waals surface area contributed by atoms with E-state index < -0.39 is 11.6 Å². The highest BCUT2D eigenvalue weighted by Crippen LogP contribution is 2.41. The van der Waals surface area contributed by atoms with E-state index in [4.69, 9.17) is 20.0 Å². The molecule has 180 valence electrons. The van der Waals surface area contributed by atoms with E-state index in [1.807, 2.05) is 56.7 Å². The molecule has 2 heterocycles. The number of carbonyl (C=O) groups excluding carboxylic acids is 2. The SMILES string of the molecule is COC(=O)COc1cccc(-c2csc(-c3cc(C(=N)N(C=O)OC(C)(C)C)sc3SC)n2)c1. The number of thiophene rings is 1. The Bertz CT molecular complexity index is 1180. The number of methoxy groups -OCH3 is 1. The lowest BCUT2D eigenvalue weighted by molar-refractivity contribution is -0.183. The topological polar surface area (TPSA) is 102 Å². The molecule has 3 aromatic rings. The van der Waals surface area contributed by atoms with Gasteiger partial charge in [-0.2, -0.15) is 5.06 Å². The lowest BCUT2D eigenvalue weighted by Gasteiger charge is -2.26. The number of nitrogens with zero attached hydrogens (tertiary/aromatic N) is 2.